The van der Waals surface area contributed by atoms with Crippen molar-refractivity contribution in [3.8, 4) is 22.6 Å². The Kier molecular flexibility index (Phi) is 18.9. The molecular formula is C46H57FN4O13S3. The first-order valence-corrected chi connectivity index (χ1v) is 26.4. The van der Waals surface area contributed by atoms with Crippen LogP contribution in [0.4, 0.5) is 20.6 Å². The molecule has 17 nitrogen and oxygen atoms in total. The maximum atomic E-state index is 14.7. The summed E-state index contributed by atoms with van der Waals surface area (Å²) in [7, 11) is -12.5. The molecule has 1 heterocycles. The van der Waals surface area contributed by atoms with Crippen LogP contribution in [0.3, 0.4) is 0 Å². The number of unbranched alkanes of at least 4 members (excludes halogenated alkanes) is 6. The number of piperidine rings is 1. The molecule has 21 heteroatoms. The molecule has 0 bridgehead atoms. The Labute approximate surface area is 390 Å². The fraction of sp³-hybridized carbons (Fsp3) is 0.370. The average molecular weight is 989 g/mol. The number of carbonyl (C=O) groups is 1. The minimum absolute atomic E-state index is 0.0233. The first kappa shape index (κ1) is 52.6. The maximum Gasteiger partial charge on any atom is 0.412 e. The Morgan fingerprint density at radius 2 is 1.33 bits per heavy atom. The van der Waals surface area contributed by atoms with E-state index in [-0.39, 0.29) is 39.8 Å². The van der Waals surface area contributed by atoms with E-state index in [4.69, 9.17) is 13.8 Å². The molecule has 0 aliphatic carbocycles. The van der Waals surface area contributed by atoms with Crippen LogP contribution in [0.15, 0.2) is 107 Å². The van der Waals surface area contributed by atoms with Gasteiger partial charge in [-0.3, -0.25) is 19.1 Å². The Hall–Kier alpha value is -5.39. The van der Waals surface area contributed by atoms with E-state index >= 15 is 0 Å². The van der Waals surface area contributed by atoms with E-state index in [0.717, 1.165) is 89.5 Å². The lowest BCUT2D eigenvalue weighted by atomic mass is 10.0. The van der Waals surface area contributed by atoms with E-state index in [1.165, 1.54) is 67.4 Å². The third kappa shape index (κ3) is 16.4. The first-order valence-electron chi connectivity index (χ1n) is 21.6. The quantitative estimate of drug-likeness (QED) is 0.0211. The van der Waals surface area contributed by atoms with E-state index in [0.29, 0.717) is 23.2 Å². The highest BCUT2D eigenvalue weighted by molar-refractivity contribution is 7.92. The molecule has 1 fully saturated rings. The number of sulfonamides is 1. The molecule has 0 saturated carbocycles. The average Bonchev–Trinajstić information content (AvgIpc) is 3.26. The number of aliphatic hydroxyl groups is 1. The molecule has 0 radical (unpaired) electrons. The smallest absolute Gasteiger partial charge is 0.412 e. The highest BCUT2D eigenvalue weighted by atomic mass is 32.2. The standard InChI is InChI=1S/C36H49FN4O7S.C10H8O6S2/c1-49(46,47)40-32-24-27(14-17-33(32)43)34(44)25-38-20-7-5-3-2-4-6-8-21-41-22-18-29(19-23-41)48-36(45)39-35-30(10-9-11-31(35)37)26-12-15-28(42)16-13-26;11-17(12,13)9-5-1-3-7-8(9)4-2-6-10(7)18(14,15)16/h9-17,24,29,34,38,40,42-44H,2-8,18-23,25H2,1H3,(H,39,45);1-6H,(H,11,12,13)(H,14,15,16)/t34-;/m0./s1. The number of ether oxygens (including phenoxy) is 1. The number of fused-ring (bicyclic) bond motifs is 1. The minimum atomic E-state index is -4.47. The fourth-order valence-corrected chi connectivity index (χ4v) is 9.61. The van der Waals surface area contributed by atoms with Gasteiger partial charge in [0.1, 0.15) is 33.2 Å². The Morgan fingerprint density at radius 3 is 1.91 bits per heavy atom. The third-order valence-electron chi connectivity index (χ3n) is 11.0. The van der Waals surface area contributed by atoms with Gasteiger partial charge in [-0.2, -0.15) is 16.8 Å². The van der Waals surface area contributed by atoms with Crippen LogP contribution >= 0.6 is 0 Å². The van der Waals surface area contributed by atoms with E-state index in [2.05, 4.69) is 20.3 Å². The van der Waals surface area contributed by atoms with Crippen molar-refractivity contribution in [1.29, 1.82) is 0 Å². The number of carbonyl (C=O) groups excluding carboxylic acids is 1. The summed E-state index contributed by atoms with van der Waals surface area (Å²) < 4.78 is 108. The molecule has 1 saturated heterocycles. The largest absolute Gasteiger partial charge is 0.508 e. The summed E-state index contributed by atoms with van der Waals surface area (Å²) in [6.07, 6.45) is 8.64. The SMILES string of the molecule is CS(=O)(=O)Nc1cc([C@@H](O)CNCCCCCCCCCN2CCC(OC(=O)Nc3c(F)cccc3-c3ccc(O)cc3)CC2)ccc1O.O=S(=O)(O)c1cccc2c(S(=O)(=O)O)cccc12. The van der Waals surface area contributed by atoms with E-state index in [1.54, 1.807) is 30.3 Å². The van der Waals surface area contributed by atoms with Crippen LogP contribution in [0.25, 0.3) is 21.9 Å². The number of nitrogens with zero attached hydrogens (tertiary/aromatic N) is 1. The third-order valence-corrected chi connectivity index (χ3v) is 13.4. The number of aliphatic hydroxyl groups excluding tert-OH is 1. The van der Waals surface area contributed by atoms with Crippen LogP contribution in [0.1, 0.15) is 69.5 Å². The number of amides is 1. The molecule has 0 unspecified atom stereocenters. The second-order valence-corrected chi connectivity index (χ2v) is 20.7. The number of aromatic hydroxyl groups is 2. The number of nitrogens with one attached hydrogen (secondary N) is 3. The molecule has 5 aromatic rings. The number of hydrogen-bond acceptors (Lipinski definition) is 13. The lowest BCUT2D eigenvalue weighted by Gasteiger charge is -2.31. The van der Waals surface area contributed by atoms with E-state index in [9.17, 15) is 49.8 Å². The van der Waals surface area contributed by atoms with Crippen molar-refractivity contribution in [2.75, 3.05) is 49.0 Å². The molecule has 5 aromatic carbocycles. The summed E-state index contributed by atoms with van der Waals surface area (Å²) in [6.45, 7) is 3.82. The Bertz CT molecular complexity index is 2720. The summed E-state index contributed by atoms with van der Waals surface area (Å²) in [6, 6.07) is 22.8. The number of likely N-dealkylation sites (tertiary alicyclic amines) is 1. The molecule has 1 aliphatic rings. The van der Waals surface area contributed by atoms with Crippen LogP contribution in [-0.2, 0) is 35.0 Å². The van der Waals surface area contributed by atoms with Gasteiger partial charge in [0.15, 0.2) is 0 Å². The number of phenols is 2. The zero-order chi connectivity index (χ0) is 48.8. The molecule has 1 atom stereocenters. The molecule has 67 heavy (non-hydrogen) atoms. The molecule has 0 spiro atoms. The van der Waals surface area contributed by atoms with Gasteiger partial charge >= 0.3 is 6.09 Å². The van der Waals surface area contributed by atoms with Gasteiger partial charge in [-0.25, -0.2) is 17.6 Å². The van der Waals surface area contributed by atoms with Crippen LogP contribution in [0, 0.1) is 5.82 Å². The number of rotatable bonds is 20. The van der Waals surface area contributed by atoms with Crippen LogP contribution in [-0.4, -0.2) is 106 Å². The second kappa shape index (κ2) is 24.1. The molecule has 1 amide bonds. The number of hydrogen-bond donors (Lipinski definition) is 8. The monoisotopic (exact) mass is 988 g/mol. The van der Waals surface area contributed by atoms with Gasteiger partial charge in [0.05, 0.1) is 23.7 Å². The summed E-state index contributed by atoms with van der Waals surface area (Å²) >= 11 is 0. The van der Waals surface area contributed by atoms with E-state index < -0.39 is 58.1 Å². The topological polar surface area (TPSA) is 269 Å². The van der Waals surface area contributed by atoms with Crippen molar-refractivity contribution in [2.24, 2.45) is 0 Å². The molecule has 1 aliphatic heterocycles. The number of halogens is 1. The van der Waals surface area contributed by atoms with Gasteiger partial charge in [-0.15, -0.1) is 0 Å². The van der Waals surface area contributed by atoms with Gasteiger partial charge in [-0.05, 0) is 92.4 Å². The first-order chi connectivity index (χ1) is 31.7. The Morgan fingerprint density at radius 1 is 0.761 bits per heavy atom. The number of benzene rings is 5. The van der Waals surface area contributed by atoms with Crippen molar-refractivity contribution in [3.05, 3.63) is 108 Å². The predicted octanol–water partition coefficient (Wildman–Crippen LogP) is 7.68. The maximum absolute atomic E-state index is 14.7. The second-order valence-electron chi connectivity index (χ2n) is 16.2. The summed E-state index contributed by atoms with van der Waals surface area (Å²) in [5.41, 5.74) is 1.78. The number of phenolic OH excluding ortho intramolecular Hbond substituents is 2. The van der Waals surface area contributed by atoms with E-state index in [1.807, 2.05) is 0 Å². The number of anilines is 2. The van der Waals surface area contributed by atoms with Crippen molar-refractivity contribution in [3.63, 3.8) is 0 Å². The molecule has 364 valence electrons. The lowest BCUT2D eigenvalue weighted by Crippen LogP contribution is -2.38. The lowest BCUT2D eigenvalue weighted by molar-refractivity contribution is 0.0584. The molecule has 6 rings (SSSR count). The van der Waals surface area contributed by atoms with Crippen LogP contribution in [0.2, 0.25) is 0 Å². The summed E-state index contributed by atoms with van der Waals surface area (Å²) in [5, 5.41) is 35.7. The molecule has 0 aromatic heterocycles. The molecule has 8 N–H and O–H groups in total. The zero-order valence-electron chi connectivity index (χ0n) is 36.8. The summed E-state index contributed by atoms with van der Waals surface area (Å²) in [4.78, 5) is 14.2. The van der Waals surface area contributed by atoms with Crippen LogP contribution in [0.5, 0.6) is 11.5 Å². The van der Waals surface area contributed by atoms with Crippen molar-refractivity contribution in [2.45, 2.75) is 79.8 Å². The van der Waals surface area contributed by atoms with Crippen LogP contribution < -0.4 is 15.4 Å². The van der Waals surface area contributed by atoms with Gasteiger partial charge in [0.25, 0.3) is 20.2 Å². The van der Waals surface area contributed by atoms with Gasteiger partial charge < -0.3 is 30.3 Å². The predicted molar refractivity (Wildman–Crippen MR) is 253 cm³/mol. The zero-order valence-corrected chi connectivity index (χ0v) is 39.3. The van der Waals surface area contributed by atoms with Gasteiger partial charge in [-0.1, -0.05) is 86.7 Å². The molecular weight excluding hydrogens is 932 g/mol. The van der Waals surface area contributed by atoms with Gasteiger partial charge in [0.2, 0.25) is 10.0 Å². The minimum Gasteiger partial charge on any atom is -0.508 e. The van der Waals surface area contributed by atoms with Crippen molar-refractivity contribution >= 4 is 58.5 Å². The van der Waals surface area contributed by atoms with Gasteiger partial charge in [0, 0.05) is 36.0 Å². The number of para-hydroxylation sites is 1. The van der Waals surface area contributed by atoms with Crippen molar-refractivity contribution < 1.29 is 63.6 Å². The highest BCUT2D eigenvalue weighted by Gasteiger charge is 2.24. The fourth-order valence-electron chi connectivity index (χ4n) is 7.64. The van der Waals surface area contributed by atoms with Crippen molar-refractivity contribution in [1.82, 2.24) is 10.2 Å². The normalized spacial score (nSPS) is 14.2. The Balaban J connectivity index is 0.000000388. The summed E-state index contributed by atoms with van der Waals surface area (Å²) in [5.74, 6) is -0.653. The highest BCUT2D eigenvalue weighted by Crippen LogP contribution is 2.33.